The van der Waals surface area contributed by atoms with Gasteiger partial charge in [0.2, 0.25) is 17.1 Å². The molecule has 0 N–H and O–H groups in total. The van der Waals surface area contributed by atoms with Gasteiger partial charge in [0, 0.05) is 11.7 Å². The van der Waals surface area contributed by atoms with Crippen LogP contribution in [0.3, 0.4) is 0 Å². The van der Waals surface area contributed by atoms with E-state index >= 15 is 0 Å². The van der Waals surface area contributed by atoms with Crippen LogP contribution in [0.5, 0.6) is 5.75 Å². The van der Waals surface area contributed by atoms with Gasteiger partial charge in [-0.15, -0.1) is 0 Å². The number of nitro benzene ring substituents is 1. The average molecular weight is 382 g/mol. The second kappa shape index (κ2) is 6.60. The van der Waals surface area contributed by atoms with Crippen LogP contribution in [0.1, 0.15) is 41.9 Å². The molecule has 0 aliphatic heterocycles. The van der Waals surface area contributed by atoms with E-state index in [0.717, 1.165) is 7.11 Å². The number of halogens is 2. The molecule has 3 rings (SSSR count). The molecular formula is C17H16F2N2O6. The molecule has 8 nitrogen and oxygen atoms in total. The largest absolute Gasteiger partial charge is 0.491 e. The lowest BCUT2D eigenvalue weighted by Gasteiger charge is -2.19. The van der Waals surface area contributed by atoms with Crippen molar-refractivity contribution in [3.8, 4) is 5.75 Å². The summed E-state index contributed by atoms with van der Waals surface area (Å²) >= 11 is 0. The van der Waals surface area contributed by atoms with E-state index in [4.69, 9.17) is 9.47 Å². The number of pyridine rings is 1. The first kappa shape index (κ1) is 18.7. The Kier molecular flexibility index (Phi) is 4.58. The maximum Gasteiger partial charge on any atom is 0.343 e. The van der Waals surface area contributed by atoms with Crippen LogP contribution in [0.2, 0.25) is 0 Å². The zero-order valence-electron chi connectivity index (χ0n) is 14.8. The fraction of sp³-hybridized carbons (Fsp3) is 0.412. The number of nitro groups is 1. The van der Waals surface area contributed by atoms with Crippen molar-refractivity contribution in [3.63, 3.8) is 0 Å². The minimum absolute atomic E-state index is 0.0254. The molecule has 1 heterocycles. The molecule has 0 radical (unpaired) electrons. The molecule has 1 aliphatic rings. The molecule has 0 atom stereocenters. The Hall–Kier alpha value is -3.04. The fourth-order valence-electron chi connectivity index (χ4n) is 3.26. The van der Waals surface area contributed by atoms with Crippen molar-refractivity contribution in [3.05, 3.63) is 43.2 Å². The number of esters is 1. The molecule has 1 aromatic carbocycles. The molecule has 0 saturated heterocycles. The van der Waals surface area contributed by atoms with Gasteiger partial charge in [-0.2, -0.15) is 8.78 Å². The van der Waals surface area contributed by atoms with Gasteiger partial charge in [-0.25, -0.2) is 4.79 Å². The van der Waals surface area contributed by atoms with E-state index in [1.54, 1.807) is 0 Å². The maximum absolute atomic E-state index is 14.4. The SMILES string of the molecule is CCOC(=O)c1c(C)n(C2CC2)c2c(OC)c(F)c(F)c([N+](=O)[O-])c2c1=O. The number of nitrogens with zero attached hydrogens (tertiary/aromatic N) is 2. The number of methoxy groups -OCH3 is 1. The molecule has 1 fully saturated rings. The Morgan fingerprint density at radius 3 is 2.44 bits per heavy atom. The van der Waals surface area contributed by atoms with Crippen LogP contribution in [0.4, 0.5) is 14.5 Å². The third kappa shape index (κ3) is 2.71. The molecule has 27 heavy (non-hydrogen) atoms. The number of fused-ring (bicyclic) bond motifs is 1. The molecule has 1 aromatic heterocycles. The Morgan fingerprint density at radius 2 is 1.96 bits per heavy atom. The van der Waals surface area contributed by atoms with Gasteiger partial charge in [0.15, 0.2) is 5.75 Å². The molecule has 0 unspecified atom stereocenters. The van der Waals surface area contributed by atoms with Gasteiger partial charge in [-0.05, 0) is 26.7 Å². The molecular weight excluding hydrogens is 366 g/mol. The second-order valence-corrected chi connectivity index (χ2v) is 6.10. The van der Waals surface area contributed by atoms with Gasteiger partial charge in [0.05, 0.1) is 18.6 Å². The summed E-state index contributed by atoms with van der Waals surface area (Å²) in [6.07, 6.45) is 1.30. The standard InChI is InChI=1S/C17H16F2N2O6/c1-4-27-17(23)9-7(2)20(8-5-6-8)14-10(15(9)22)13(21(24)25)11(18)12(19)16(14)26-3/h8H,4-6H2,1-3H3. The Bertz CT molecular complexity index is 1040. The number of benzene rings is 1. The van der Waals surface area contributed by atoms with Crippen LogP contribution in [0, 0.1) is 28.7 Å². The first-order valence-electron chi connectivity index (χ1n) is 8.21. The lowest BCUT2D eigenvalue weighted by Crippen LogP contribution is -2.25. The molecule has 1 saturated carbocycles. The first-order chi connectivity index (χ1) is 12.8. The van der Waals surface area contributed by atoms with Crippen molar-refractivity contribution in [1.29, 1.82) is 0 Å². The Morgan fingerprint density at radius 1 is 1.33 bits per heavy atom. The summed E-state index contributed by atoms with van der Waals surface area (Å²) in [5.41, 5.74) is -2.93. The highest BCUT2D eigenvalue weighted by molar-refractivity contribution is 6.00. The zero-order valence-corrected chi connectivity index (χ0v) is 14.8. The Balaban J connectivity index is 2.63. The summed E-state index contributed by atoms with van der Waals surface area (Å²) in [6, 6.07) is -0.223. The maximum atomic E-state index is 14.4. The molecule has 10 heteroatoms. The van der Waals surface area contributed by atoms with E-state index < -0.39 is 50.3 Å². The highest BCUT2D eigenvalue weighted by atomic mass is 19.2. The second-order valence-electron chi connectivity index (χ2n) is 6.10. The van der Waals surface area contributed by atoms with Crippen molar-refractivity contribution in [2.45, 2.75) is 32.7 Å². The quantitative estimate of drug-likeness (QED) is 0.448. The number of hydrogen-bond acceptors (Lipinski definition) is 6. The van der Waals surface area contributed by atoms with Crippen LogP contribution in [-0.4, -0.2) is 29.2 Å². The summed E-state index contributed by atoms with van der Waals surface area (Å²) in [4.78, 5) is 35.5. The number of hydrogen-bond donors (Lipinski definition) is 0. The van der Waals surface area contributed by atoms with E-state index in [1.165, 1.54) is 18.4 Å². The van der Waals surface area contributed by atoms with Crippen LogP contribution in [0.25, 0.3) is 10.9 Å². The number of carbonyl (C=O) groups excluding carboxylic acids is 1. The lowest BCUT2D eigenvalue weighted by atomic mass is 10.0. The summed E-state index contributed by atoms with van der Waals surface area (Å²) in [7, 11) is 1.07. The molecule has 0 amide bonds. The number of aromatic nitrogens is 1. The van der Waals surface area contributed by atoms with Gasteiger partial charge in [0.25, 0.3) is 0 Å². The minimum atomic E-state index is -1.82. The van der Waals surface area contributed by atoms with Gasteiger partial charge in [0.1, 0.15) is 16.5 Å². The normalized spacial score (nSPS) is 13.7. The highest BCUT2D eigenvalue weighted by Gasteiger charge is 2.38. The predicted octanol–water partition coefficient (Wildman–Crippen LogP) is 3.02. The third-order valence-electron chi connectivity index (χ3n) is 4.49. The number of carbonyl (C=O) groups is 1. The monoisotopic (exact) mass is 382 g/mol. The molecule has 144 valence electrons. The van der Waals surface area contributed by atoms with Crippen LogP contribution in [0.15, 0.2) is 4.79 Å². The summed E-state index contributed by atoms with van der Waals surface area (Å²) in [6.45, 7) is 2.97. The van der Waals surface area contributed by atoms with Gasteiger partial charge >= 0.3 is 11.7 Å². The van der Waals surface area contributed by atoms with E-state index in [1.807, 2.05) is 0 Å². The summed E-state index contributed by atoms with van der Waals surface area (Å²) in [5.74, 6) is -4.97. The average Bonchev–Trinajstić information content (AvgIpc) is 3.42. The van der Waals surface area contributed by atoms with Crippen molar-refractivity contribution in [1.82, 2.24) is 4.57 Å². The van der Waals surface area contributed by atoms with Crippen molar-refractivity contribution < 1.29 is 28.0 Å². The van der Waals surface area contributed by atoms with Crippen molar-refractivity contribution in [2.24, 2.45) is 0 Å². The van der Waals surface area contributed by atoms with Crippen molar-refractivity contribution >= 4 is 22.6 Å². The van der Waals surface area contributed by atoms with E-state index in [2.05, 4.69) is 0 Å². The lowest BCUT2D eigenvalue weighted by molar-refractivity contribution is -0.386. The van der Waals surface area contributed by atoms with Gasteiger partial charge < -0.3 is 14.0 Å². The van der Waals surface area contributed by atoms with Gasteiger partial charge in [-0.1, -0.05) is 0 Å². The summed E-state index contributed by atoms with van der Waals surface area (Å²) in [5, 5.41) is 10.7. The minimum Gasteiger partial charge on any atom is -0.491 e. The van der Waals surface area contributed by atoms with Crippen LogP contribution in [-0.2, 0) is 4.74 Å². The molecule has 0 bridgehead atoms. The predicted molar refractivity (Wildman–Crippen MR) is 90.3 cm³/mol. The van der Waals surface area contributed by atoms with Gasteiger partial charge in [-0.3, -0.25) is 14.9 Å². The van der Waals surface area contributed by atoms with Crippen molar-refractivity contribution in [2.75, 3.05) is 13.7 Å². The highest BCUT2D eigenvalue weighted by Crippen LogP contribution is 2.44. The van der Waals surface area contributed by atoms with Crippen LogP contribution >= 0.6 is 0 Å². The molecule has 2 aromatic rings. The van der Waals surface area contributed by atoms with E-state index in [-0.39, 0.29) is 23.9 Å². The third-order valence-corrected chi connectivity index (χ3v) is 4.49. The topological polar surface area (TPSA) is 101 Å². The van der Waals surface area contributed by atoms with Crippen LogP contribution < -0.4 is 10.2 Å². The zero-order chi connectivity index (χ0) is 20.0. The number of rotatable bonds is 5. The molecule has 0 spiro atoms. The Labute approximate surface area is 151 Å². The number of ether oxygens (including phenoxy) is 2. The summed E-state index contributed by atoms with van der Waals surface area (Å²) < 4.78 is 40.1. The van der Waals surface area contributed by atoms with E-state index in [0.29, 0.717) is 12.8 Å². The smallest absolute Gasteiger partial charge is 0.343 e. The molecule has 1 aliphatic carbocycles. The van der Waals surface area contributed by atoms with E-state index in [9.17, 15) is 28.5 Å². The fourth-order valence-corrected chi connectivity index (χ4v) is 3.26. The first-order valence-corrected chi connectivity index (χ1v) is 8.21.